The number of ether oxygens (including phenoxy) is 3. The van der Waals surface area contributed by atoms with Gasteiger partial charge in [0.1, 0.15) is 19.0 Å². The molecule has 31 heavy (non-hydrogen) atoms. The van der Waals surface area contributed by atoms with Gasteiger partial charge in [0.15, 0.2) is 11.5 Å². The summed E-state index contributed by atoms with van der Waals surface area (Å²) in [5, 5.41) is 2.93. The van der Waals surface area contributed by atoms with Crippen molar-refractivity contribution in [1.29, 1.82) is 0 Å². The van der Waals surface area contributed by atoms with Crippen molar-refractivity contribution < 1.29 is 27.4 Å². The zero-order valence-corrected chi connectivity index (χ0v) is 18.4. The van der Waals surface area contributed by atoms with Crippen LogP contribution in [0.25, 0.3) is 0 Å². The molecule has 0 atom stereocenters. The number of methoxy groups -OCH3 is 1. The van der Waals surface area contributed by atoms with Crippen molar-refractivity contribution in [3.05, 3.63) is 42.0 Å². The monoisotopic (exact) mass is 446 g/mol. The normalized spacial score (nSPS) is 17.2. The van der Waals surface area contributed by atoms with Gasteiger partial charge < -0.3 is 19.5 Å². The second-order valence-electron chi connectivity index (χ2n) is 7.68. The first-order valence-electron chi connectivity index (χ1n) is 10.2. The van der Waals surface area contributed by atoms with Crippen molar-refractivity contribution in [2.45, 2.75) is 24.7 Å². The molecule has 1 amide bonds. The Morgan fingerprint density at radius 3 is 2.48 bits per heavy atom. The lowest BCUT2D eigenvalue weighted by molar-refractivity contribution is -0.120. The van der Waals surface area contributed by atoms with Crippen LogP contribution in [0, 0.1) is 12.8 Å². The summed E-state index contributed by atoms with van der Waals surface area (Å²) in [6.07, 6.45) is 0.896. The van der Waals surface area contributed by atoms with E-state index in [1.807, 2.05) is 25.1 Å². The Morgan fingerprint density at radius 2 is 1.77 bits per heavy atom. The van der Waals surface area contributed by atoms with E-state index in [0.717, 1.165) is 5.56 Å². The minimum Gasteiger partial charge on any atom is -0.495 e. The summed E-state index contributed by atoms with van der Waals surface area (Å²) in [7, 11) is -2.12. The molecule has 1 N–H and O–H groups in total. The molecule has 0 aromatic heterocycles. The molecule has 8 nitrogen and oxygen atoms in total. The smallest absolute Gasteiger partial charge is 0.243 e. The molecule has 2 heterocycles. The molecule has 166 valence electrons. The minimum atomic E-state index is -3.67. The highest BCUT2D eigenvalue weighted by Gasteiger charge is 2.33. The van der Waals surface area contributed by atoms with Crippen LogP contribution in [0.3, 0.4) is 0 Å². The molecule has 2 aliphatic rings. The summed E-state index contributed by atoms with van der Waals surface area (Å²) in [6, 6.07) is 10.2. The number of sulfonamides is 1. The van der Waals surface area contributed by atoms with Crippen molar-refractivity contribution in [2.24, 2.45) is 5.92 Å². The van der Waals surface area contributed by atoms with Gasteiger partial charge in [-0.15, -0.1) is 0 Å². The van der Waals surface area contributed by atoms with Crippen molar-refractivity contribution in [3.63, 3.8) is 0 Å². The summed E-state index contributed by atoms with van der Waals surface area (Å²) in [6.45, 7) is 3.34. The van der Waals surface area contributed by atoms with Gasteiger partial charge in [-0.1, -0.05) is 6.07 Å². The Hall–Kier alpha value is -2.78. The number of carbonyl (C=O) groups is 1. The molecule has 0 aliphatic carbocycles. The van der Waals surface area contributed by atoms with Gasteiger partial charge in [0, 0.05) is 25.1 Å². The number of nitrogens with zero attached hydrogens (tertiary/aromatic N) is 1. The van der Waals surface area contributed by atoms with E-state index >= 15 is 0 Å². The second-order valence-corrected chi connectivity index (χ2v) is 9.61. The summed E-state index contributed by atoms with van der Waals surface area (Å²) in [5.41, 5.74) is 1.63. The molecule has 0 unspecified atom stereocenters. The Morgan fingerprint density at radius 1 is 1.06 bits per heavy atom. The van der Waals surface area contributed by atoms with Crippen molar-refractivity contribution in [3.8, 4) is 17.2 Å². The largest absolute Gasteiger partial charge is 0.495 e. The molecule has 1 saturated heterocycles. The summed E-state index contributed by atoms with van der Waals surface area (Å²) in [5.74, 6) is 1.19. The molecule has 4 rings (SSSR count). The summed E-state index contributed by atoms with van der Waals surface area (Å²) in [4.78, 5) is 12.9. The van der Waals surface area contributed by atoms with E-state index in [4.69, 9.17) is 14.2 Å². The number of nitrogens with one attached hydrogen (secondary N) is 1. The van der Waals surface area contributed by atoms with Crippen molar-refractivity contribution >= 4 is 21.6 Å². The highest BCUT2D eigenvalue weighted by atomic mass is 32.2. The van der Waals surface area contributed by atoms with Crippen LogP contribution >= 0.6 is 0 Å². The SMILES string of the molecule is COc1ccc(C)cc1NC(=O)C1CCN(S(=O)(=O)c2ccc3c(c2)OCCO3)CC1. The molecule has 0 radical (unpaired) electrons. The molecule has 9 heteroatoms. The van der Waals surface area contributed by atoms with Crippen LogP contribution in [-0.4, -0.2) is 52.0 Å². The van der Waals surface area contributed by atoms with Gasteiger partial charge in [-0.25, -0.2) is 8.42 Å². The number of aryl methyl sites for hydroxylation is 1. The molecule has 0 bridgehead atoms. The first-order chi connectivity index (χ1) is 14.9. The minimum absolute atomic E-state index is 0.125. The van der Waals surface area contributed by atoms with Gasteiger partial charge in [-0.3, -0.25) is 4.79 Å². The topological polar surface area (TPSA) is 94.2 Å². The van der Waals surface area contributed by atoms with Crippen LogP contribution in [0.15, 0.2) is 41.3 Å². The van der Waals surface area contributed by atoms with Gasteiger partial charge in [0.25, 0.3) is 0 Å². The number of fused-ring (bicyclic) bond motifs is 1. The first-order valence-corrected chi connectivity index (χ1v) is 11.7. The zero-order valence-electron chi connectivity index (χ0n) is 17.6. The van der Waals surface area contributed by atoms with E-state index in [-0.39, 0.29) is 29.8 Å². The van der Waals surface area contributed by atoms with Crippen LogP contribution in [0.4, 0.5) is 5.69 Å². The number of carbonyl (C=O) groups excluding carboxylic acids is 1. The fourth-order valence-electron chi connectivity index (χ4n) is 3.85. The maximum absolute atomic E-state index is 13.1. The third-order valence-corrected chi connectivity index (χ3v) is 7.48. The molecule has 2 aromatic carbocycles. The summed E-state index contributed by atoms with van der Waals surface area (Å²) < 4.78 is 43.9. The zero-order chi connectivity index (χ0) is 22.0. The van der Waals surface area contributed by atoms with E-state index in [1.54, 1.807) is 13.2 Å². The Bertz CT molecular complexity index is 1080. The summed E-state index contributed by atoms with van der Waals surface area (Å²) >= 11 is 0. The number of anilines is 1. The number of piperidine rings is 1. The van der Waals surface area contributed by atoms with E-state index in [2.05, 4.69) is 5.32 Å². The van der Waals surface area contributed by atoms with Crippen LogP contribution in [0.2, 0.25) is 0 Å². The third kappa shape index (κ3) is 4.47. The van der Waals surface area contributed by atoms with Gasteiger partial charge in [-0.2, -0.15) is 4.31 Å². The lowest BCUT2D eigenvalue weighted by Gasteiger charge is -2.31. The predicted molar refractivity (Wildman–Crippen MR) is 115 cm³/mol. The van der Waals surface area contributed by atoms with Gasteiger partial charge in [0.2, 0.25) is 15.9 Å². The maximum Gasteiger partial charge on any atom is 0.243 e. The van der Waals surface area contributed by atoms with Gasteiger partial charge in [0.05, 0.1) is 17.7 Å². The predicted octanol–water partition coefficient (Wildman–Crippen LogP) is 2.81. The molecule has 0 saturated carbocycles. The maximum atomic E-state index is 13.1. The molecule has 2 aliphatic heterocycles. The van der Waals surface area contributed by atoms with Crippen molar-refractivity contribution in [2.75, 3.05) is 38.7 Å². The lowest BCUT2D eigenvalue weighted by Crippen LogP contribution is -2.41. The average Bonchev–Trinajstić information content (AvgIpc) is 2.79. The number of rotatable bonds is 5. The second kappa shape index (κ2) is 8.76. The first kappa shape index (κ1) is 21.5. The highest BCUT2D eigenvalue weighted by molar-refractivity contribution is 7.89. The third-order valence-electron chi connectivity index (χ3n) is 5.59. The molecule has 2 aromatic rings. The molecular formula is C22H26N2O6S. The Balaban J connectivity index is 1.41. The number of benzene rings is 2. The van der Waals surface area contributed by atoms with Crippen LogP contribution in [0.5, 0.6) is 17.2 Å². The fraction of sp³-hybridized carbons (Fsp3) is 0.409. The van der Waals surface area contributed by atoms with Gasteiger partial charge >= 0.3 is 0 Å². The Labute approximate surface area is 182 Å². The van der Waals surface area contributed by atoms with Crippen LogP contribution in [-0.2, 0) is 14.8 Å². The standard InChI is InChI=1S/C22H26N2O6S/c1-15-3-5-19(28-2)18(13-15)23-22(25)16-7-9-24(10-8-16)31(26,27)17-4-6-20-21(14-17)30-12-11-29-20/h3-6,13-14,16H,7-12H2,1-2H3,(H,23,25). The molecule has 1 fully saturated rings. The van der Waals surface area contributed by atoms with Gasteiger partial charge in [-0.05, 0) is 49.6 Å². The van der Waals surface area contributed by atoms with E-state index < -0.39 is 10.0 Å². The van der Waals surface area contributed by atoms with E-state index in [9.17, 15) is 13.2 Å². The van der Waals surface area contributed by atoms with Crippen molar-refractivity contribution in [1.82, 2.24) is 4.31 Å². The van der Waals surface area contributed by atoms with E-state index in [0.29, 0.717) is 49.0 Å². The quantitative estimate of drug-likeness (QED) is 0.759. The lowest BCUT2D eigenvalue weighted by atomic mass is 9.97. The average molecular weight is 447 g/mol. The fourth-order valence-corrected chi connectivity index (χ4v) is 5.33. The number of amides is 1. The molecular weight excluding hydrogens is 420 g/mol. The molecule has 0 spiro atoms. The highest BCUT2D eigenvalue weighted by Crippen LogP contribution is 2.34. The van der Waals surface area contributed by atoms with Crippen LogP contribution < -0.4 is 19.5 Å². The number of hydrogen-bond acceptors (Lipinski definition) is 6. The van der Waals surface area contributed by atoms with Crippen LogP contribution in [0.1, 0.15) is 18.4 Å². The Kier molecular flexibility index (Phi) is 6.06. The number of hydrogen-bond donors (Lipinski definition) is 1. The van der Waals surface area contributed by atoms with E-state index in [1.165, 1.54) is 16.4 Å².